The predicted molar refractivity (Wildman–Crippen MR) is 142 cm³/mol. The standard InChI is InChI=1S/C29H49N3O5/c1-15(2)7-6-8-17(26(35)36)23-21(37-16(3)33)14-28(5)24(23)19(30)13-22-27(4)11-10-20(34)25(31)18(27)9-12-29(22,28)32/h15,18-22,24-25,34H,6-14,30-32H2,1-5H3,(H,35,36)/b23-17+/t18-,19+,20+,21-,22-,24-,25-,27-,28-,29+/m0/s1. The van der Waals surface area contributed by atoms with Crippen molar-refractivity contribution >= 4 is 11.9 Å². The van der Waals surface area contributed by atoms with Crippen LogP contribution in [0.5, 0.6) is 0 Å². The molecule has 0 saturated heterocycles. The van der Waals surface area contributed by atoms with E-state index in [1.54, 1.807) is 0 Å². The van der Waals surface area contributed by atoms with Gasteiger partial charge in [-0.25, -0.2) is 4.79 Å². The number of esters is 1. The Labute approximate surface area is 221 Å². The maximum atomic E-state index is 12.6. The molecule has 0 bridgehead atoms. The molecule has 4 saturated carbocycles. The van der Waals surface area contributed by atoms with Gasteiger partial charge in [-0.1, -0.05) is 34.1 Å². The van der Waals surface area contributed by atoms with Crippen LogP contribution in [0.2, 0.25) is 0 Å². The molecule has 10 atom stereocenters. The molecule has 0 radical (unpaired) electrons. The zero-order valence-corrected chi connectivity index (χ0v) is 23.3. The van der Waals surface area contributed by atoms with E-state index in [2.05, 4.69) is 27.7 Å². The molecule has 0 spiro atoms. The lowest BCUT2D eigenvalue weighted by molar-refractivity contribution is -0.158. The number of fused-ring (bicyclic) bond motifs is 5. The number of aliphatic hydroxyl groups is 1. The topological polar surface area (TPSA) is 162 Å². The molecule has 4 rings (SSSR count). The molecule has 8 nitrogen and oxygen atoms in total. The minimum atomic E-state index is -0.955. The summed E-state index contributed by atoms with van der Waals surface area (Å²) >= 11 is 0. The maximum Gasteiger partial charge on any atom is 0.331 e. The predicted octanol–water partition coefficient (Wildman–Crippen LogP) is 3.09. The van der Waals surface area contributed by atoms with Crippen LogP contribution >= 0.6 is 0 Å². The van der Waals surface area contributed by atoms with Gasteiger partial charge in [-0.05, 0) is 85.5 Å². The number of nitrogens with two attached hydrogens (primary N) is 3. The van der Waals surface area contributed by atoms with E-state index in [9.17, 15) is 19.8 Å². The molecule has 4 aliphatic carbocycles. The number of carbonyl (C=O) groups is 2. The number of ether oxygens (including phenoxy) is 1. The molecule has 0 aromatic carbocycles. The molecule has 4 aliphatic rings. The Kier molecular flexibility index (Phi) is 7.65. The van der Waals surface area contributed by atoms with E-state index in [0.717, 1.165) is 32.1 Å². The molecule has 0 aliphatic heterocycles. The highest BCUT2D eigenvalue weighted by atomic mass is 16.5. The molecule has 0 unspecified atom stereocenters. The third kappa shape index (κ3) is 4.46. The van der Waals surface area contributed by atoms with Gasteiger partial charge in [0.15, 0.2) is 0 Å². The minimum absolute atomic E-state index is 0.0834. The molecule has 0 aromatic rings. The third-order valence-corrected chi connectivity index (χ3v) is 11.1. The molecular formula is C29H49N3O5. The van der Waals surface area contributed by atoms with E-state index in [4.69, 9.17) is 21.9 Å². The summed E-state index contributed by atoms with van der Waals surface area (Å²) in [5, 5.41) is 20.9. The summed E-state index contributed by atoms with van der Waals surface area (Å²) in [6, 6.07) is -0.585. The van der Waals surface area contributed by atoms with Gasteiger partial charge in [0, 0.05) is 36.0 Å². The normalized spacial score (nSPS) is 46.6. The van der Waals surface area contributed by atoms with Gasteiger partial charge in [0.25, 0.3) is 0 Å². The molecule has 0 heterocycles. The SMILES string of the molecule is CC(=O)O[C@H]1C[C@@]2(C)[C@H](/C1=C(\CCCC(C)C)C(=O)O)[C@H](N)C[C@H]1[C@@]3(C)CC[C@@H](O)[C@@H](N)[C@@H]3CC[C@@]12N. The van der Waals surface area contributed by atoms with Crippen molar-refractivity contribution in [2.75, 3.05) is 0 Å². The van der Waals surface area contributed by atoms with Crippen LogP contribution in [0, 0.1) is 34.5 Å². The van der Waals surface area contributed by atoms with Crippen molar-refractivity contribution < 1.29 is 24.5 Å². The van der Waals surface area contributed by atoms with Gasteiger partial charge in [-0.2, -0.15) is 0 Å². The summed E-state index contributed by atoms with van der Waals surface area (Å²) < 4.78 is 5.85. The number of aliphatic carboxylic acids is 1. The fraction of sp³-hybridized carbons (Fsp3) is 0.862. The van der Waals surface area contributed by atoms with Crippen molar-refractivity contribution in [2.24, 2.45) is 51.7 Å². The molecule has 8 heteroatoms. The lowest BCUT2D eigenvalue weighted by Crippen LogP contribution is -2.74. The number of aliphatic hydroxyl groups excluding tert-OH is 1. The summed E-state index contributed by atoms with van der Waals surface area (Å²) in [5.74, 6) is -0.929. The maximum absolute atomic E-state index is 12.6. The van der Waals surface area contributed by atoms with Crippen LogP contribution < -0.4 is 17.2 Å². The summed E-state index contributed by atoms with van der Waals surface area (Å²) in [5.41, 5.74) is 20.8. The van der Waals surface area contributed by atoms with E-state index >= 15 is 0 Å². The zero-order chi connectivity index (χ0) is 27.5. The van der Waals surface area contributed by atoms with E-state index in [1.807, 2.05) is 0 Å². The Morgan fingerprint density at radius 2 is 1.84 bits per heavy atom. The van der Waals surface area contributed by atoms with Gasteiger partial charge in [0.05, 0.1) is 6.10 Å². The van der Waals surface area contributed by atoms with Crippen LogP contribution in [0.1, 0.15) is 92.4 Å². The molecule has 8 N–H and O–H groups in total. The van der Waals surface area contributed by atoms with Crippen LogP contribution in [0.3, 0.4) is 0 Å². The zero-order valence-electron chi connectivity index (χ0n) is 23.3. The van der Waals surface area contributed by atoms with E-state index < -0.39 is 35.1 Å². The van der Waals surface area contributed by atoms with Gasteiger partial charge < -0.3 is 32.2 Å². The molecule has 37 heavy (non-hydrogen) atoms. The first-order valence-electron chi connectivity index (χ1n) is 14.3. The van der Waals surface area contributed by atoms with Gasteiger partial charge in [-0.3, -0.25) is 4.79 Å². The number of carboxylic acid groups (broad SMARTS) is 1. The summed E-state index contributed by atoms with van der Waals surface area (Å²) in [6.45, 7) is 10.1. The second kappa shape index (κ2) is 9.92. The van der Waals surface area contributed by atoms with E-state index in [-0.39, 0.29) is 35.3 Å². The fourth-order valence-corrected chi connectivity index (χ4v) is 9.33. The largest absolute Gasteiger partial charge is 0.478 e. The van der Waals surface area contributed by atoms with Crippen molar-refractivity contribution in [3.63, 3.8) is 0 Å². The van der Waals surface area contributed by atoms with Gasteiger partial charge in [0.1, 0.15) is 6.10 Å². The molecule has 0 amide bonds. The Hall–Kier alpha value is -1.48. The highest BCUT2D eigenvalue weighted by molar-refractivity contribution is 5.88. The highest BCUT2D eigenvalue weighted by Crippen LogP contribution is 2.69. The Morgan fingerprint density at radius 1 is 1.16 bits per heavy atom. The summed E-state index contributed by atoms with van der Waals surface area (Å²) in [7, 11) is 0. The highest BCUT2D eigenvalue weighted by Gasteiger charge is 2.71. The average Bonchev–Trinajstić information content (AvgIpc) is 3.08. The van der Waals surface area contributed by atoms with Crippen LogP contribution in [0.25, 0.3) is 0 Å². The summed E-state index contributed by atoms with van der Waals surface area (Å²) in [6.07, 6.45) is 5.15. The van der Waals surface area contributed by atoms with Crippen molar-refractivity contribution in [3.8, 4) is 0 Å². The first kappa shape index (κ1) is 28.5. The monoisotopic (exact) mass is 519 g/mol. The fourth-order valence-electron chi connectivity index (χ4n) is 9.33. The van der Waals surface area contributed by atoms with Crippen LogP contribution in [-0.2, 0) is 14.3 Å². The van der Waals surface area contributed by atoms with Crippen LogP contribution in [-0.4, -0.2) is 52.0 Å². The number of rotatable bonds is 6. The number of hydrogen-bond acceptors (Lipinski definition) is 7. The second-order valence-electron chi connectivity index (χ2n) is 13.5. The Bertz CT molecular complexity index is 952. The van der Waals surface area contributed by atoms with Crippen LogP contribution in [0.15, 0.2) is 11.1 Å². The molecule has 210 valence electrons. The lowest BCUT2D eigenvalue weighted by atomic mass is 9.39. The molecule has 4 fully saturated rings. The van der Waals surface area contributed by atoms with Gasteiger partial charge in [0.2, 0.25) is 0 Å². The molecular weight excluding hydrogens is 470 g/mol. The smallest absolute Gasteiger partial charge is 0.331 e. The number of carbonyl (C=O) groups excluding carboxylic acids is 1. The average molecular weight is 520 g/mol. The van der Waals surface area contributed by atoms with Crippen molar-refractivity contribution in [1.29, 1.82) is 0 Å². The van der Waals surface area contributed by atoms with E-state index in [1.165, 1.54) is 6.92 Å². The summed E-state index contributed by atoms with van der Waals surface area (Å²) in [4.78, 5) is 24.8. The van der Waals surface area contributed by atoms with Gasteiger partial charge >= 0.3 is 11.9 Å². The third-order valence-electron chi connectivity index (χ3n) is 11.1. The van der Waals surface area contributed by atoms with E-state index in [0.29, 0.717) is 42.7 Å². The Balaban J connectivity index is 1.80. The van der Waals surface area contributed by atoms with Crippen LogP contribution in [0.4, 0.5) is 0 Å². The molecule has 0 aromatic heterocycles. The minimum Gasteiger partial charge on any atom is -0.478 e. The quantitative estimate of drug-likeness (QED) is 0.264. The van der Waals surface area contributed by atoms with Crippen molar-refractivity contribution in [3.05, 3.63) is 11.1 Å². The van der Waals surface area contributed by atoms with Crippen molar-refractivity contribution in [1.82, 2.24) is 0 Å². The second-order valence-corrected chi connectivity index (χ2v) is 13.5. The number of carboxylic acids is 1. The van der Waals surface area contributed by atoms with Crippen molar-refractivity contribution in [2.45, 2.75) is 122 Å². The number of hydrogen-bond donors (Lipinski definition) is 5. The lowest BCUT2D eigenvalue weighted by Gasteiger charge is -2.68. The van der Waals surface area contributed by atoms with Gasteiger partial charge in [-0.15, -0.1) is 0 Å². The Morgan fingerprint density at radius 3 is 2.43 bits per heavy atom. The first-order valence-corrected chi connectivity index (χ1v) is 14.3. The first-order chi connectivity index (χ1) is 17.2.